The van der Waals surface area contributed by atoms with Crippen LogP contribution in [0.2, 0.25) is 0 Å². The van der Waals surface area contributed by atoms with Crippen molar-refractivity contribution in [2.75, 3.05) is 0 Å². The molecule has 0 amide bonds. The van der Waals surface area contributed by atoms with Gasteiger partial charge in [0.1, 0.15) is 6.01 Å². The normalized spacial score (nSPS) is 16.7. The van der Waals surface area contributed by atoms with E-state index in [0.717, 1.165) is 31.2 Å². The lowest BCUT2D eigenvalue weighted by molar-refractivity contribution is 0.444. The second-order valence-electron chi connectivity index (χ2n) is 4.90. The molecule has 5 heteroatoms. The molecule has 102 valence electrons. The van der Waals surface area contributed by atoms with Crippen LogP contribution < -0.4 is 0 Å². The molecule has 1 fully saturated rings. The maximum atomic E-state index is 11.9. The van der Waals surface area contributed by atoms with Gasteiger partial charge in [-0.25, -0.2) is 4.99 Å². The Bertz CT molecular complexity index is 578. The van der Waals surface area contributed by atoms with Crippen LogP contribution in [0.1, 0.15) is 37.7 Å². The highest BCUT2D eigenvalue weighted by atomic mass is 32.2. The summed E-state index contributed by atoms with van der Waals surface area (Å²) in [5, 5.41) is 0. The van der Waals surface area contributed by atoms with Crippen molar-refractivity contribution in [3.05, 3.63) is 29.8 Å². The molecule has 0 unspecified atom stereocenters. The van der Waals surface area contributed by atoms with Crippen molar-refractivity contribution in [2.45, 2.75) is 50.0 Å². The van der Waals surface area contributed by atoms with E-state index >= 15 is 0 Å². The second kappa shape index (κ2) is 6.13. The van der Waals surface area contributed by atoms with Crippen LogP contribution in [0.3, 0.4) is 0 Å². The Balaban J connectivity index is 2.12. The lowest BCUT2D eigenvalue weighted by Gasteiger charge is -2.15. The molecule has 0 N–H and O–H groups in total. The quantitative estimate of drug-likeness (QED) is 0.797. The summed E-state index contributed by atoms with van der Waals surface area (Å²) in [6.07, 6.45) is 5.56. The van der Waals surface area contributed by atoms with Crippen molar-refractivity contribution in [2.24, 2.45) is 9.39 Å². The van der Waals surface area contributed by atoms with Crippen LogP contribution in [-0.4, -0.2) is 20.5 Å². The largest absolute Gasteiger partial charge is 0.291 e. The molecule has 1 aliphatic carbocycles. The van der Waals surface area contributed by atoms with Gasteiger partial charge >= 0.3 is 0 Å². The van der Waals surface area contributed by atoms with Gasteiger partial charge in [0.15, 0.2) is 0 Å². The number of rotatable bonds is 3. The van der Waals surface area contributed by atoms with Gasteiger partial charge in [0.25, 0.3) is 10.0 Å². The zero-order chi connectivity index (χ0) is 13.7. The number of aliphatic imine (C=N–C) groups is 1. The molecule has 0 bridgehead atoms. The van der Waals surface area contributed by atoms with Gasteiger partial charge in [-0.15, -0.1) is 0 Å². The van der Waals surface area contributed by atoms with Crippen LogP contribution in [0.5, 0.6) is 0 Å². The van der Waals surface area contributed by atoms with Crippen molar-refractivity contribution in [3.8, 4) is 0 Å². The molecule has 0 radical (unpaired) electrons. The first kappa shape index (κ1) is 14.0. The average Bonchev–Trinajstić information content (AvgIpc) is 2.40. The van der Waals surface area contributed by atoms with Crippen molar-refractivity contribution >= 4 is 16.0 Å². The maximum absolute atomic E-state index is 11.9. The van der Waals surface area contributed by atoms with Gasteiger partial charge in [0.2, 0.25) is 0 Å². The average molecular weight is 278 g/mol. The molecular weight excluding hydrogens is 260 g/mol. The Labute approximate surface area is 114 Å². The fraction of sp³-hybridized carbons (Fsp3) is 0.500. The zero-order valence-electron chi connectivity index (χ0n) is 11.0. The van der Waals surface area contributed by atoms with Crippen LogP contribution in [0.15, 0.2) is 38.6 Å². The Morgan fingerprint density at radius 2 is 1.74 bits per heavy atom. The van der Waals surface area contributed by atoms with E-state index in [0.29, 0.717) is 0 Å². The summed E-state index contributed by atoms with van der Waals surface area (Å²) in [5.41, 5.74) is 1.01. The molecule has 1 aromatic carbocycles. The van der Waals surface area contributed by atoms with Gasteiger partial charge in [-0.1, -0.05) is 41.4 Å². The standard InChI is InChI=1S/C14H18N2O2S/c1-12-7-9-14(10-8-12)19(17,18)16-11-15-13-5-3-2-4-6-13/h7-10,13H,2-6H2,1H3. The van der Waals surface area contributed by atoms with Gasteiger partial charge < -0.3 is 0 Å². The van der Waals surface area contributed by atoms with E-state index in [4.69, 9.17) is 0 Å². The summed E-state index contributed by atoms with van der Waals surface area (Å²) in [6.45, 7) is 1.91. The minimum Gasteiger partial charge on any atom is -0.221 e. The van der Waals surface area contributed by atoms with Crippen LogP contribution in [-0.2, 0) is 10.0 Å². The molecule has 0 heterocycles. The van der Waals surface area contributed by atoms with Gasteiger partial charge in [-0.2, -0.15) is 8.42 Å². The number of hydrogen-bond acceptors (Lipinski definition) is 3. The molecule has 0 aliphatic heterocycles. The molecule has 0 atom stereocenters. The summed E-state index contributed by atoms with van der Waals surface area (Å²) < 4.78 is 27.3. The molecule has 0 spiro atoms. The predicted octanol–water partition coefficient (Wildman–Crippen LogP) is 3.19. The van der Waals surface area contributed by atoms with Crippen molar-refractivity contribution in [3.63, 3.8) is 0 Å². The van der Waals surface area contributed by atoms with E-state index in [9.17, 15) is 8.42 Å². The Hall–Kier alpha value is -1.45. The van der Waals surface area contributed by atoms with Crippen LogP contribution >= 0.6 is 0 Å². The number of aryl methyl sites for hydroxylation is 1. The molecule has 1 aromatic rings. The van der Waals surface area contributed by atoms with Crippen LogP contribution in [0, 0.1) is 6.92 Å². The third-order valence-corrected chi connectivity index (χ3v) is 4.48. The van der Waals surface area contributed by atoms with E-state index in [1.807, 2.05) is 6.92 Å². The highest BCUT2D eigenvalue weighted by molar-refractivity contribution is 7.90. The molecule has 19 heavy (non-hydrogen) atoms. The van der Waals surface area contributed by atoms with E-state index in [1.54, 1.807) is 24.3 Å². The minimum atomic E-state index is -3.66. The first-order valence-corrected chi connectivity index (χ1v) is 8.00. The van der Waals surface area contributed by atoms with Crippen molar-refractivity contribution in [1.29, 1.82) is 0 Å². The lowest BCUT2D eigenvalue weighted by atomic mass is 9.96. The molecular formula is C14H18N2O2S. The summed E-state index contributed by atoms with van der Waals surface area (Å²) >= 11 is 0. The maximum Gasteiger partial charge on any atom is 0.291 e. The van der Waals surface area contributed by atoms with Crippen LogP contribution in [0.4, 0.5) is 0 Å². The number of sulfonamides is 1. The Kier molecular flexibility index (Phi) is 4.51. The molecule has 0 saturated heterocycles. The predicted molar refractivity (Wildman–Crippen MR) is 75.1 cm³/mol. The van der Waals surface area contributed by atoms with Gasteiger partial charge in [0, 0.05) is 0 Å². The lowest BCUT2D eigenvalue weighted by Crippen LogP contribution is -2.08. The van der Waals surface area contributed by atoms with E-state index in [-0.39, 0.29) is 10.9 Å². The van der Waals surface area contributed by atoms with Gasteiger partial charge in [0.05, 0.1) is 10.9 Å². The van der Waals surface area contributed by atoms with Crippen molar-refractivity contribution in [1.82, 2.24) is 0 Å². The fourth-order valence-corrected chi connectivity index (χ4v) is 2.87. The molecule has 0 aromatic heterocycles. The summed E-state index contributed by atoms with van der Waals surface area (Å²) in [5.74, 6) is 0. The zero-order valence-corrected chi connectivity index (χ0v) is 11.9. The first-order valence-electron chi connectivity index (χ1n) is 6.56. The molecule has 2 rings (SSSR count). The third-order valence-electron chi connectivity index (χ3n) is 3.29. The Morgan fingerprint density at radius 1 is 1.11 bits per heavy atom. The minimum absolute atomic E-state index is 0.185. The highest BCUT2D eigenvalue weighted by Gasteiger charge is 2.13. The SMILES string of the molecule is Cc1ccc(S(=O)(=O)N=C=NC2CCCCC2)cc1. The highest BCUT2D eigenvalue weighted by Crippen LogP contribution is 2.19. The molecule has 1 aliphatic rings. The topological polar surface area (TPSA) is 58.9 Å². The monoisotopic (exact) mass is 278 g/mol. The first-order chi connectivity index (χ1) is 9.08. The van der Waals surface area contributed by atoms with Crippen LogP contribution in [0.25, 0.3) is 0 Å². The molecule has 1 saturated carbocycles. The van der Waals surface area contributed by atoms with Gasteiger partial charge in [-0.3, -0.25) is 0 Å². The van der Waals surface area contributed by atoms with Crippen molar-refractivity contribution < 1.29 is 8.42 Å². The third kappa shape index (κ3) is 4.01. The van der Waals surface area contributed by atoms with E-state index in [1.165, 1.54) is 6.42 Å². The molecule has 4 nitrogen and oxygen atoms in total. The summed E-state index contributed by atoms with van der Waals surface area (Å²) in [6, 6.07) is 9.16. The smallest absolute Gasteiger partial charge is 0.221 e. The summed E-state index contributed by atoms with van der Waals surface area (Å²) in [4.78, 5) is 4.30. The van der Waals surface area contributed by atoms with E-state index in [2.05, 4.69) is 15.4 Å². The summed E-state index contributed by atoms with van der Waals surface area (Å²) in [7, 11) is -3.66. The Morgan fingerprint density at radius 3 is 2.37 bits per heavy atom. The second-order valence-corrected chi connectivity index (χ2v) is 6.50. The van der Waals surface area contributed by atoms with Gasteiger partial charge in [-0.05, 0) is 31.9 Å². The number of hydrogen-bond donors (Lipinski definition) is 0. The number of nitrogens with zero attached hydrogens (tertiary/aromatic N) is 2. The number of benzene rings is 1. The fourth-order valence-electron chi connectivity index (χ4n) is 2.13. The van der Waals surface area contributed by atoms with E-state index < -0.39 is 10.0 Å².